The zero-order chi connectivity index (χ0) is 21.4. The molecule has 1 saturated heterocycles. The number of nitrogens with one attached hydrogen (secondary N) is 1. The predicted octanol–water partition coefficient (Wildman–Crippen LogP) is 2.36. The lowest BCUT2D eigenvalue weighted by Crippen LogP contribution is -2.38. The molecule has 1 N–H and O–H groups in total. The normalized spacial score (nSPS) is 21.5. The molecular formula is C21H22FN3O4S. The number of hydrogen-bond donors (Lipinski definition) is 1. The molecule has 2 aromatic carbocycles. The van der Waals surface area contributed by atoms with Crippen molar-refractivity contribution in [2.24, 2.45) is 5.16 Å². The van der Waals surface area contributed by atoms with Crippen molar-refractivity contribution in [2.45, 2.75) is 36.8 Å². The highest BCUT2D eigenvalue weighted by Crippen LogP contribution is 2.36. The molecule has 0 unspecified atom stereocenters. The molecule has 158 valence electrons. The Morgan fingerprint density at radius 3 is 2.60 bits per heavy atom. The van der Waals surface area contributed by atoms with Crippen LogP contribution in [0.1, 0.15) is 24.0 Å². The smallest absolute Gasteiger partial charge is 0.269 e. The van der Waals surface area contributed by atoms with E-state index in [1.165, 1.54) is 16.4 Å². The van der Waals surface area contributed by atoms with Crippen molar-refractivity contribution < 1.29 is 22.4 Å². The highest BCUT2D eigenvalue weighted by Gasteiger charge is 2.49. The summed E-state index contributed by atoms with van der Waals surface area (Å²) in [5, 5.41) is 6.66. The van der Waals surface area contributed by atoms with Crippen molar-refractivity contribution in [3.05, 3.63) is 65.5 Å². The van der Waals surface area contributed by atoms with E-state index in [1.807, 2.05) is 6.92 Å². The quantitative estimate of drug-likeness (QED) is 0.787. The lowest BCUT2D eigenvalue weighted by atomic mass is 9.96. The zero-order valence-electron chi connectivity index (χ0n) is 16.5. The third-order valence-corrected chi connectivity index (χ3v) is 7.27. The van der Waals surface area contributed by atoms with Gasteiger partial charge in [-0.3, -0.25) is 4.79 Å². The number of nitrogens with zero attached hydrogens (tertiary/aromatic N) is 2. The third-order valence-electron chi connectivity index (χ3n) is 5.41. The monoisotopic (exact) mass is 431 g/mol. The van der Waals surface area contributed by atoms with Gasteiger partial charge < -0.3 is 10.2 Å². The SMILES string of the molecule is Cc1ccc(S(=O)(=O)N2CC[C@@]3(CC(C(=O)NCc4ccc(F)cc4)=NO3)C2)cc1. The van der Waals surface area contributed by atoms with Crippen LogP contribution in [0.15, 0.2) is 58.6 Å². The van der Waals surface area contributed by atoms with Crippen LogP contribution in [0.3, 0.4) is 0 Å². The summed E-state index contributed by atoms with van der Waals surface area (Å²) in [6.07, 6.45) is 0.693. The van der Waals surface area contributed by atoms with Gasteiger partial charge in [0.05, 0.1) is 11.4 Å². The molecule has 0 radical (unpaired) electrons. The molecule has 0 aliphatic carbocycles. The van der Waals surface area contributed by atoms with E-state index in [1.54, 1.807) is 36.4 Å². The third kappa shape index (κ3) is 4.08. The maximum absolute atomic E-state index is 13.0. The Hall–Kier alpha value is -2.78. The van der Waals surface area contributed by atoms with Crippen molar-refractivity contribution in [3.8, 4) is 0 Å². The average Bonchev–Trinajstić information content (AvgIpc) is 3.35. The van der Waals surface area contributed by atoms with E-state index in [-0.39, 0.29) is 41.8 Å². The first-order valence-electron chi connectivity index (χ1n) is 9.62. The summed E-state index contributed by atoms with van der Waals surface area (Å²) in [6, 6.07) is 12.5. The summed E-state index contributed by atoms with van der Waals surface area (Å²) in [7, 11) is -3.64. The fourth-order valence-corrected chi connectivity index (χ4v) is 5.14. The minimum absolute atomic E-state index is 0.140. The number of hydrogen-bond acceptors (Lipinski definition) is 5. The Kier molecular flexibility index (Phi) is 5.33. The van der Waals surface area contributed by atoms with Crippen LogP contribution in [0, 0.1) is 12.7 Å². The van der Waals surface area contributed by atoms with Crippen molar-refractivity contribution in [3.63, 3.8) is 0 Å². The molecule has 1 atom stereocenters. The molecule has 1 amide bonds. The summed E-state index contributed by atoms with van der Waals surface area (Å²) in [5.74, 6) is -0.719. The van der Waals surface area contributed by atoms with Crippen LogP contribution in [0.25, 0.3) is 0 Å². The number of amides is 1. The second kappa shape index (κ2) is 7.81. The number of sulfonamides is 1. The first-order chi connectivity index (χ1) is 14.3. The Bertz CT molecular complexity index is 1080. The number of carbonyl (C=O) groups excluding carboxylic acids is 1. The molecule has 7 nitrogen and oxygen atoms in total. The summed E-state index contributed by atoms with van der Waals surface area (Å²) >= 11 is 0. The number of oxime groups is 1. The Morgan fingerprint density at radius 1 is 1.20 bits per heavy atom. The van der Waals surface area contributed by atoms with E-state index >= 15 is 0 Å². The van der Waals surface area contributed by atoms with Crippen LogP contribution in [0.4, 0.5) is 4.39 Å². The maximum Gasteiger partial charge on any atom is 0.269 e. The van der Waals surface area contributed by atoms with Crippen molar-refractivity contribution in [2.75, 3.05) is 13.1 Å². The first kappa shape index (κ1) is 20.5. The van der Waals surface area contributed by atoms with Gasteiger partial charge in [-0.05, 0) is 36.8 Å². The standard InChI is InChI=1S/C21H22FN3O4S/c1-15-2-8-18(9-3-15)30(27,28)25-11-10-21(14-25)12-19(24-29-21)20(26)23-13-16-4-6-17(22)7-5-16/h2-9H,10-14H2,1H3,(H,23,26)/t21-/m1/s1. The van der Waals surface area contributed by atoms with Crippen molar-refractivity contribution >= 4 is 21.6 Å². The Balaban J connectivity index is 1.37. The molecule has 2 aliphatic rings. The van der Waals surface area contributed by atoms with E-state index in [4.69, 9.17) is 4.84 Å². The summed E-state index contributed by atoms with van der Waals surface area (Å²) < 4.78 is 40.2. The molecule has 2 heterocycles. The fourth-order valence-electron chi connectivity index (χ4n) is 3.62. The minimum atomic E-state index is -3.64. The lowest BCUT2D eigenvalue weighted by molar-refractivity contribution is -0.115. The summed E-state index contributed by atoms with van der Waals surface area (Å²) in [4.78, 5) is 18.2. The highest BCUT2D eigenvalue weighted by molar-refractivity contribution is 7.89. The lowest BCUT2D eigenvalue weighted by Gasteiger charge is -2.21. The van der Waals surface area contributed by atoms with Crippen LogP contribution in [-0.4, -0.2) is 43.0 Å². The largest absolute Gasteiger partial charge is 0.387 e. The molecule has 0 bridgehead atoms. The topological polar surface area (TPSA) is 88.1 Å². The number of carbonyl (C=O) groups is 1. The predicted molar refractivity (Wildman–Crippen MR) is 109 cm³/mol. The number of halogens is 1. The average molecular weight is 431 g/mol. The number of aryl methyl sites for hydroxylation is 1. The second-order valence-electron chi connectivity index (χ2n) is 7.70. The minimum Gasteiger partial charge on any atom is -0.387 e. The molecule has 9 heteroatoms. The molecule has 0 saturated carbocycles. The maximum atomic E-state index is 13.0. The van der Waals surface area contributed by atoms with Crippen LogP contribution in [-0.2, 0) is 26.2 Å². The molecule has 1 fully saturated rings. The van der Waals surface area contributed by atoms with Crippen LogP contribution >= 0.6 is 0 Å². The molecule has 0 aromatic heterocycles. The number of rotatable bonds is 5. The second-order valence-corrected chi connectivity index (χ2v) is 9.64. The van der Waals surface area contributed by atoms with E-state index in [2.05, 4.69) is 10.5 Å². The van der Waals surface area contributed by atoms with Gasteiger partial charge in [0, 0.05) is 25.9 Å². The van der Waals surface area contributed by atoms with Gasteiger partial charge in [0.1, 0.15) is 11.5 Å². The van der Waals surface area contributed by atoms with Gasteiger partial charge >= 0.3 is 0 Å². The van der Waals surface area contributed by atoms with Gasteiger partial charge in [0.15, 0.2) is 5.60 Å². The van der Waals surface area contributed by atoms with Crippen LogP contribution < -0.4 is 5.32 Å². The number of benzene rings is 2. The molecule has 2 aromatic rings. The van der Waals surface area contributed by atoms with Crippen LogP contribution in [0.5, 0.6) is 0 Å². The Labute approximate surface area is 174 Å². The summed E-state index contributed by atoms with van der Waals surface area (Å²) in [5.41, 5.74) is 1.15. The van der Waals surface area contributed by atoms with Gasteiger partial charge in [-0.1, -0.05) is 35.0 Å². The Morgan fingerprint density at radius 2 is 1.90 bits per heavy atom. The van der Waals surface area contributed by atoms with Gasteiger partial charge in [-0.2, -0.15) is 4.31 Å². The van der Waals surface area contributed by atoms with Gasteiger partial charge in [0.25, 0.3) is 5.91 Å². The fraction of sp³-hybridized carbons (Fsp3) is 0.333. The van der Waals surface area contributed by atoms with Crippen molar-refractivity contribution in [1.29, 1.82) is 0 Å². The van der Waals surface area contributed by atoms with Crippen molar-refractivity contribution in [1.82, 2.24) is 9.62 Å². The molecule has 1 spiro atoms. The van der Waals surface area contributed by atoms with E-state index in [0.29, 0.717) is 13.0 Å². The highest BCUT2D eigenvalue weighted by atomic mass is 32.2. The van der Waals surface area contributed by atoms with E-state index in [0.717, 1.165) is 11.1 Å². The summed E-state index contributed by atoms with van der Waals surface area (Å²) in [6.45, 7) is 2.57. The first-order valence-corrected chi connectivity index (χ1v) is 11.1. The van der Waals surface area contributed by atoms with Crippen LogP contribution in [0.2, 0.25) is 0 Å². The van der Waals surface area contributed by atoms with Gasteiger partial charge in [0.2, 0.25) is 10.0 Å². The molecule has 4 rings (SSSR count). The molecular weight excluding hydrogens is 409 g/mol. The van der Waals surface area contributed by atoms with E-state index < -0.39 is 15.6 Å². The molecule has 30 heavy (non-hydrogen) atoms. The molecule has 2 aliphatic heterocycles. The zero-order valence-corrected chi connectivity index (χ0v) is 17.3. The van der Waals surface area contributed by atoms with Gasteiger partial charge in [-0.25, -0.2) is 12.8 Å². The van der Waals surface area contributed by atoms with Gasteiger partial charge in [-0.15, -0.1) is 0 Å². The van der Waals surface area contributed by atoms with E-state index in [9.17, 15) is 17.6 Å².